The molecule has 5 rings (SSSR count). The van der Waals surface area contributed by atoms with Gasteiger partial charge in [-0.15, -0.1) is 0 Å². The molecule has 0 radical (unpaired) electrons. The van der Waals surface area contributed by atoms with Crippen molar-refractivity contribution < 1.29 is 32.9 Å². The number of alkyl halides is 3. The molecule has 2 aromatic carbocycles. The van der Waals surface area contributed by atoms with Gasteiger partial charge < -0.3 is 25.2 Å². The minimum atomic E-state index is -4.62. The summed E-state index contributed by atoms with van der Waals surface area (Å²) in [4.78, 5) is 18.4. The molecule has 1 saturated heterocycles. The van der Waals surface area contributed by atoms with Crippen LogP contribution in [-0.2, 0) is 0 Å². The second-order valence-electron chi connectivity index (χ2n) is 9.66. The zero-order valence-electron chi connectivity index (χ0n) is 21.3. The number of H-pyrrole nitrogens is 1. The molecule has 2 atom stereocenters. The van der Waals surface area contributed by atoms with Gasteiger partial charge in [-0.05, 0) is 67.4 Å². The summed E-state index contributed by atoms with van der Waals surface area (Å²) >= 11 is 0. The van der Waals surface area contributed by atoms with Gasteiger partial charge in [0, 0.05) is 42.3 Å². The molecule has 1 aliphatic heterocycles. The summed E-state index contributed by atoms with van der Waals surface area (Å²) in [5.74, 6) is 0.163. The maximum absolute atomic E-state index is 12.8. The van der Waals surface area contributed by atoms with Crippen LogP contribution in [0.15, 0.2) is 66.9 Å². The molecule has 40 heavy (non-hydrogen) atoms. The van der Waals surface area contributed by atoms with Gasteiger partial charge in [-0.3, -0.25) is 14.9 Å². The summed E-state index contributed by atoms with van der Waals surface area (Å²) in [5.41, 5.74) is 2.84. The number of aromatic amines is 1. The van der Waals surface area contributed by atoms with Crippen LogP contribution < -0.4 is 10.1 Å². The summed E-state index contributed by atoms with van der Waals surface area (Å²) < 4.78 is 43.9. The Labute approximate surface area is 227 Å². The average molecular weight is 556 g/mol. The zero-order valence-corrected chi connectivity index (χ0v) is 21.3. The first kappa shape index (κ1) is 27.6. The van der Waals surface area contributed by atoms with E-state index in [2.05, 4.69) is 20.5 Å². The molecule has 4 aromatic rings. The first-order valence-electron chi connectivity index (χ1n) is 12.8. The van der Waals surface area contributed by atoms with Crippen molar-refractivity contribution >= 4 is 16.8 Å². The van der Waals surface area contributed by atoms with E-state index in [9.17, 15) is 28.2 Å². The number of rotatable bonds is 8. The van der Waals surface area contributed by atoms with Gasteiger partial charge in [0.25, 0.3) is 5.91 Å². The van der Waals surface area contributed by atoms with Crippen LogP contribution in [0.5, 0.6) is 5.75 Å². The normalized spacial score (nSPS) is 16.5. The third kappa shape index (κ3) is 6.41. The fourth-order valence-corrected chi connectivity index (χ4v) is 4.64. The number of pyridine rings is 1. The number of carbonyl (C=O) groups is 1. The fraction of sp³-hybridized carbons (Fsp3) is 0.321. The van der Waals surface area contributed by atoms with Crippen LogP contribution in [0.25, 0.3) is 22.2 Å². The first-order chi connectivity index (χ1) is 19.2. The van der Waals surface area contributed by atoms with Crippen LogP contribution in [0.4, 0.5) is 13.2 Å². The van der Waals surface area contributed by atoms with Gasteiger partial charge in [-0.25, -0.2) is 0 Å². The monoisotopic (exact) mass is 555 g/mol. The molecule has 3 heterocycles. The number of piperidine rings is 1. The van der Waals surface area contributed by atoms with E-state index in [-0.39, 0.29) is 6.10 Å². The van der Waals surface area contributed by atoms with Gasteiger partial charge in [0.15, 0.2) is 12.3 Å². The van der Waals surface area contributed by atoms with Crippen LogP contribution in [0, 0.1) is 0 Å². The van der Waals surface area contributed by atoms with E-state index in [0.717, 1.165) is 16.5 Å². The van der Waals surface area contributed by atoms with Crippen molar-refractivity contribution in [1.82, 2.24) is 25.4 Å². The van der Waals surface area contributed by atoms with Crippen LogP contribution in [0.3, 0.4) is 0 Å². The van der Waals surface area contributed by atoms with Gasteiger partial charge in [-0.2, -0.15) is 18.3 Å². The van der Waals surface area contributed by atoms with Crippen LogP contribution in [-0.4, -0.2) is 74.2 Å². The lowest BCUT2D eigenvalue weighted by atomic mass is 10.0. The number of nitrogens with one attached hydrogen (secondary N) is 2. The maximum Gasteiger partial charge on any atom is 0.415 e. The van der Waals surface area contributed by atoms with Crippen LogP contribution in [0.2, 0.25) is 0 Å². The number of likely N-dealkylation sites (tertiary alicyclic amines) is 1. The summed E-state index contributed by atoms with van der Waals surface area (Å²) in [7, 11) is 0. The molecule has 1 aliphatic rings. The lowest BCUT2D eigenvalue weighted by molar-refractivity contribution is -0.208. The Kier molecular flexibility index (Phi) is 8.01. The van der Waals surface area contributed by atoms with Gasteiger partial charge in [0.1, 0.15) is 11.9 Å². The maximum atomic E-state index is 12.8. The number of amides is 1. The summed E-state index contributed by atoms with van der Waals surface area (Å²) in [6, 6.07) is 17.4. The largest absolute Gasteiger partial charge is 0.490 e. The third-order valence-corrected chi connectivity index (χ3v) is 6.83. The quantitative estimate of drug-likeness (QED) is 0.244. The van der Waals surface area contributed by atoms with Gasteiger partial charge in [-0.1, -0.05) is 6.07 Å². The second kappa shape index (κ2) is 11.6. The van der Waals surface area contributed by atoms with Gasteiger partial charge >= 0.3 is 6.18 Å². The number of aliphatic hydroxyl groups excluding tert-OH is 2. The first-order valence-corrected chi connectivity index (χ1v) is 12.8. The Morgan fingerprint density at radius 3 is 2.52 bits per heavy atom. The Bertz CT molecular complexity index is 1440. The molecule has 0 aliphatic carbocycles. The van der Waals surface area contributed by atoms with E-state index >= 15 is 0 Å². The van der Waals surface area contributed by atoms with Crippen molar-refractivity contribution in [2.45, 2.75) is 37.5 Å². The molecule has 0 spiro atoms. The molecule has 210 valence electrons. The molecule has 0 unspecified atom stereocenters. The molecule has 1 fully saturated rings. The lowest BCUT2D eigenvalue weighted by Crippen LogP contribution is -2.45. The molecule has 0 saturated carbocycles. The summed E-state index contributed by atoms with van der Waals surface area (Å²) in [6.45, 7) is 0.380. The molecule has 12 heteroatoms. The molecular weight excluding hydrogens is 527 g/mol. The number of nitrogens with zero attached hydrogens (tertiary/aromatic N) is 3. The minimum absolute atomic E-state index is 0.140. The summed E-state index contributed by atoms with van der Waals surface area (Å²) in [6.07, 6.45) is -5.72. The van der Waals surface area contributed by atoms with Gasteiger partial charge in [0.05, 0.1) is 16.9 Å². The highest BCUT2D eigenvalue weighted by Crippen LogP contribution is 2.30. The van der Waals surface area contributed by atoms with Crippen molar-refractivity contribution in [3.8, 4) is 17.0 Å². The number of carbonyl (C=O) groups excluding carboxylic acids is 1. The predicted molar refractivity (Wildman–Crippen MR) is 140 cm³/mol. The number of hydrogen-bond donors (Lipinski definition) is 4. The summed E-state index contributed by atoms with van der Waals surface area (Å²) in [5, 5.41) is 30.2. The van der Waals surface area contributed by atoms with Gasteiger partial charge in [0.2, 0.25) is 0 Å². The van der Waals surface area contributed by atoms with E-state index in [1.165, 1.54) is 6.20 Å². The number of halogens is 3. The average Bonchev–Trinajstić information content (AvgIpc) is 3.38. The zero-order chi connectivity index (χ0) is 28.3. The van der Waals surface area contributed by atoms with Crippen molar-refractivity contribution in [1.29, 1.82) is 0 Å². The molecule has 1 amide bonds. The number of aromatic nitrogens is 3. The standard InChI is InChI=1S/C28H28F3N5O4/c29-28(30,31)24(37)16-36-13-10-20(11-14-36)40-19-7-4-17(5-8-19)25-21-15-18(6-9-22(21)34-35-25)26(38)33-27(39)23-3-1-2-12-32-23/h1-9,12,15,20,24,27,37,39H,10-11,13-14,16H2,(H,33,38)(H,34,35)/t24-,27+/m1/s1. The fourth-order valence-electron chi connectivity index (χ4n) is 4.64. The molecule has 0 bridgehead atoms. The SMILES string of the molecule is O=C(N[C@@H](O)c1ccccn1)c1ccc2[nH]nc(-c3ccc(OC4CCN(C[C@@H](O)C(F)(F)F)CC4)cc3)c2c1. The minimum Gasteiger partial charge on any atom is -0.490 e. The Hall–Kier alpha value is -4.00. The predicted octanol–water partition coefficient (Wildman–Crippen LogP) is 3.81. The van der Waals surface area contributed by atoms with E-state index < -0.39 is 31.0 Å². The van der Waals surface area contributed by atoms with E-state index in [0.29, 0.717) is 48.6 Å². The smallest absolute Gasteiger partial charge is 0.415 e. The third-order valence-electron chi connectivity index (χ3n) is 6.83. The van der Waals surface area contributed by atoms with E-state index in [1.807, 2.05) is 12.1 Å². The number of ether oxygens (including phenoxy) is 1. The number of aliphatic hydroxyl groups is 2. The van der Waals surface area contributed by atoms with Crippen molar-refractivity contribution in [2.75, 3.05) is 19.6 Å². The Morgan fingerprint density at radius 2 is 1.85 bits per heavy atom. The number of benzene rings is 2. The molecule has 2 aromatic heterocycles. The number of hydrogen-bond acceptors (Lipinski definition) is 7. The Morgan fingerprint density at radius 1 is 1.10 bits per heavy atom. The van der Waals surface area contributed by atoms with Crippen LogP contribution >= 0.6 is 0 Å². The lowest BCUT2D eigenvalue weighted by Gasteiger charge is -2.33. The van der Waals surface area contributed by atoms with Crippen molar-refractivity contribution in [3.05, 3.63) is 78.1 Å². The highest BCUT2D eigenvalue weighted by Gasteiger charge is 2.39. The second-order valence-corrected chi connectivity index (χ2v) is 9.66. The van der Waals surface area contributed by atoms with E-state index in [4.69, 9.17) is 4.74 Å². The van der Waals surface area contributed by atoms with Crippen molar-refractivity contribution in [3.63, 3.8) is 0 Å². The Balaban J connectivity index is 1.21. The molecular formula is C28H28F3N5O4. The highest BCUT2D eigenvalue weighted by atomic mass is 19.4. The molecule has 4 N–H and O–H groups in total. The topological polar surface area (TPSA) is 124 Å². The molecule has 9 nitrogen and oxygen atoms in total. The number of fused-ring (bicyclic) bond motifs is 1. The number of β-amino-alcohol motifs (C(OH)–C–C–N with tert-alkyl or cyclic N) is 1. The highest BCUT2D eigenvalue weighted by molar-refractivity contribution is 6.01. The van der Waals surface area contributed by atoms with Crippen molar-refractivity contribution in [2.24, 2.45) is 0 Å². The van der Waals surface area contributed by atoms with Crippen LogP contribution in [0.1, 0.15) is 35.1 Å². The van der Waals surface area contributed by atoms with E-state index in [1.54, 1.807) is 53.4 Å².